The zero-order valence-electron chi connectivity index (χ0n) is 13.8. The van der Waals surface area contributed by atoms with Crippen LogP contribution in [0.2, 0.25) is 0 Å². The van der Waals surface area contributed by atoms with Crippen molar-refractivity contribution in [2.75, 3.05) is 7.11 Å². The van der Waals surface area contributed by atoms with Crippen molar-refractivity contribution >= 4 is 16.5 Å². The van der Waals surface area contributed by atoms with E-state index in [4.69, 9.17) is 21.6 Å². The molecule has 0 aliphatic carbocycles. The minimum Gasteiger partial charge on any atom is -0.497 e. The molecule has 0 unspecified atom stereocenters. The van der Waals surface area contributed by atoms with Crippen LogP contribution < -0.4 is 21.7 Å². The van der Waals surface area contributed by atoms with Gasteiger partial charge in [-0.1, -0.05) is 36.4 Å². The Morgan fingerprint density at radius 3 is 2.44 bits per heavy atom. The number of allylic oxidation sites excluding steroid dienone is 1. The lowest BCUT2D eigenvalue weighted by Gasteiger charge is -2.09. The molecule has 5 heteroatoms. The van der Waals surface area contributed by atoms with Crippen LogP contribution in [0.3, 0.4) is 0 Å². The quantitative estimate of drug-likeness (QED) is 0.388. The molecule has 0 fully saturated rings. The maximum atomic E-state index is 9.06. The molecule has 0 saturated heterocycles. The first-order valence-corrected chi connectivity index (χ1v) is 7.71. The number of nitrogens with two attached hydrogens (primary N) is 2. The second-order valence-corrected chi connectivity index (χ2v) is 5.55. The summed E-state index contributed by atoms with van der Waals surface area (Å²) >= 11 is 0. The standard InChI is InChI=1S/C20H18N4O/c1-25-18-8-7-15-9-14(5-6-16(15)11-18)13-3-2-4-17(10-13)20(22)19(12-21)24-23/h2-11,24H,22-23H2,1H3/b20-19-. The molecule has 5 nitrogen and oxygen atoms in total. The van der Waals surface area contributed by atoms with Gasteiger partial charge in [0.1, 0.15) is 11.8 Å². The Hall–Kier alpha value is -3.49. The smallest absolute Gasteiger partial charge is 0.151 e. The lowest BCUT2D eigenvalue weighted by molar-refractivity contribution is 0.415. The fourth-order valence-corrected chi connectivity index (χ4v) is 2.71. The van der Waals surface area contributed by atoms with Crippen LogP contribution >= 0.6 is 0 Å². The molecule has 0 bridgehead atoms. The van der Waals surface area contributed by atoms with Crippen LogP contribution in [0.5, 0.6) is 5.75 Å². The zero-order chi connectivity index (χ0) is 17.8. The van der Waals surface area contributed by atoms with Crippen molar-refractivity contribution in [2.45, 2.75) is 0 Å². The monoisotopic (exact) mass is 330 g/mol. The first-order valence-electron chi connectivity index (χ1n) is 7.71. The van der Waals surface area contributed by atoms with E-state index in [9.17, 15) is 0 Å². The van der Waals surface area contributed by atoms with Crippen LogP contribution in [0.25, 0.3) is 27.6 Å². The first-order chi connectivity index (χ1) is 12.2. The Morgan fingerprint density at radius 2 is 1.72 bits per heavy atom. The van der Waals surface area contributed by atoms with Gasteiger partial charge in [-0.15, -0.1) is 0 Å². The highest BCUT2D eigenvalue weighted by Gasteiger charge is 2.07. The molecular formula is C20H18N4O. The molecule has 0 radical (unpaired) electrons. The van der Waals surface area contributed by atoms with Gasteiger partial charge in [0.25, 0.3) is 0 Å². The van der Waals surface area contributed by atoms with E-state index in [-0.39, 0.29) is 5.70 Å². The van der Waals surface area contributed by atoms with Crippen LogP contribution in [0.4, 0.5) is 0 Å². The Kier molecular flexibility index (Phi) is 4.55. The number of nitrogens with one attached hydrogen (secondary N) is 1. The van der Waals surface area contributed by atoms with Gasteiger partial charge in [-0.2, -0.15) is 5.26 Å². The minimum absolute atomic E-state index is 0.141. The summed E-state index contributed by atoms with van der Waals surface area (Å²) in [4.78, 5) is 0. The summed E-state index contributed by atoms with van der Waals surface area (Å²) in [5.74, 6) is 6.17. The van der Waals surface area contributed by atoms with Crippen molar-refractivity contribution in [3.8, 4) is 22.9 Å². The van der Waals surface area contributed by atoms with Gasteiger partial charge in [0.05, 0.1) is 12.8 Å². The third kappa shape index (κ3) is 3.25. The van der Waals surface area contributed by atoms with E-state index in [0.717, 1.165) is 33.2 Å². The lowest BCUT2D eigenvalue weighted by atomic mass is 9.98. The SMILES string of the molecule is COc1ccc2cc(-c3cccc(/C(N)=C(\C#N)NN)c3)ccc2c1. The lowest BCUT2D eigenvalue weighted by Crippen LogP contribution is -2.23. The largest absolute Gasteiger partial charge is 0.497 e. The van der Waals surface area contributed by atoms with E-state index in [1.165, 1.54) is 0 Å². The van der Waals surface area contributed by atoms with Gasteiger partial charge < -0.3 is 15.9 Å². The number of hydrogen-bond donors (Lipinski definition) is 3. The molecule has 3 rings (SSSR count). The van der Waals surface area contributed by atoms with Crippen molar-refractivity contribution in [3.05, 3.63) is 71.9 Å². The molecule has 0 saturated carbocycles. The summed E-state index contributed by atoms with van der Waals surface area (Å²) in [6.45, 7) is 0. The molecule has 0 aromatic heterocycles. The number of nitrogens with zero attached hydrogens (tertiary/aromatic N) is 1. The van der Waals surface area contributed by atoms with Gasteiger partial charge in [0.15, 0.2) is 5.70 Å². The average Bonchev–Trinajstić information content (AvgIpc) is 2.68. The predicted octanol–water partition coefficient (Wildman–Crippen LogP) is 3.13. The Balaban J connectivity index is 2.05. The van der Waals surface area contributed by atoms with Crippen molar-refractivity contribution in [1.29, 1.82) is 5.26 Å². The Bertz CT molecular complexity index is 1000. The highest BCUT2D eigenvalue weighted by Crippen LogP contribution is 2.28. The summed E-state index contributed by atoms with van der Waals surface area (Å²) in [5.41, 5.74) is 11.6. The summed E-state index contributed by atoms with van der Waals surface area (Å²) in [7, 11) is 1.66. The summed E-state index contributed by atoms with van der Waals surface area (Å²) in [6.07, 6.45) is 0. The van der Waals surface area contributed by atoms with Crippen LogP contribution in [0, 0.1) is 11.3 Å². The number of methoxy groups -OCH3 is 1. The molecule has 3 aromatic rings. The Labute approximate surface area is 146 Å². The first kappa shape index (κ1) is 16.4. The maximum Gasteiger partial charge on any atom is 0.151 e. The van der Waals surface area contributed by atoms with Gasteiger partial charge in [0.2, 0.25) is 0 Å². The Morgan fingerprint density at radius 1 is 1.00 bits per heavy atom. The molecule has 0 spiro atoms. The van der Waals surface area contributed by atoms with E-state index >= 15 is 0 Å². The zero-order valence-corrected chi connectivity index (χ0v) is 13.8. The number of hydrazine groups is 1. The summed E-state index contributed by atoms with van der Waals surface area (Å²) in [5, 5.41) is 11.3. The van der Waals surface area contributed by atoms with Crippen molar-refractivity contribution in [2.24, 2.45) is 11.6 Å². The maximum absolute atomic E-state index is 9.06. The number of benzene rings is 3. The topological polar surface area (TPSA) is 97.1 Å². The molecule has 0 heterocycles. The molecule has 0 atom stereocenters. The fraction of sp³-hybridized carbons (Fsp3) is 0.0500. The minimum atomic E-state index is 0.141. The van der Waals surface area contributed by atoms with Gasteiger partial charge in [-0.25, -0.2) is 5.84 Å². The van der Waals surface area contributed by atoms with Crippen molar-refractivity contribution in [1.82, 2.24) is 5.43 Å². The second-order valence-electron chi connectivity index (χ2n) is 5.55. The molecular weight excluding hydrogens is 312 g/mol. The van der Waals surface area contributed by atoms with E-state index in [1.54, 1.807) is 7.11 Å². The van der Waals surface area contributed by atoms with Crippen LogP contribution in [-0.4, -0.2) is 7.11 Å². The molecule has 5 N–H and O–H groups in total. The molecule has 0 aliphatic heterocycles. The molecule has 0 aliphatic rings. The van der Waals surface area contributed by atoms with Crippen LogP contribution in [0.15, 0.2) is 66.4 Å². The van der Waals surface area contributed by atoms with E-state index in [0.29, 0.717) is 5.70 Å². The van der Waals surface area contributed by atoms with Crippen molar-refractivity contribution in [3.63, 3.8) is 0 Å². The third-order valence-electron chi connectivity index (χ3n) is 4.08. The van der Waals surface area contributed by atoms with Crippen molar-refractivity contribution < 1.29 is 4.74 Å². The number of fused-ring (bicyclic) bond motifs is 1. The third-order valence-corrected chi connectivity index (χ3v) is 4.08. The fourth-order valence-electron chi connectivity index (χ4n) is 2.71. The molecule has 3 aromatic carbocycles. The van der Waals surface area contributed by atoms with Crippen LogP contribution in [-0.2, 0) is 0 Å². The number of hydrogen-bond acceptors (Lipinski definition) is 5. The summed E-state index contributed by atoms with van der Waals surface area (Å²) in [6, 6.07) is 21.8. The number of rotatable bonds is 4. The number of ether oxygens (including phenoxy) is 1. The number of nitriles is 1. The van der Waals surface area contributed by atoms with E-state index in [2.05, 4.69) is 17.6 Å². The van der Waals surface area contributed by atoms with E-state index < -0.39 is 0 Å². The second kappa shape index (κ2) is 6.95. The molecule has 0 amide bonds. The van der Waals surface area contributed by atoms with Gasteiger partial charge in [-0.05, 0) is 46.2 Å². The van der Waals surface area contributed by atoms with Gasteiger partial charge in [0, 0.05) is 5.56 Å². The normalized spacial score (nSPS) is 11.6. The highest BCUT2D eigenvalue weighted by molar-refractivity contribution is 5.88. The molecule has 25 heavy (non-hydrogen) atoms. The predicted molar refractivity (Wildman–Crippen MR) is 100.0 cm³/mol. The summed E-state index contributed by atoms with van der Waals surface area (Å²) < 4.78 is 5.26. The van der Waals surface area contributed by atoms with Gasteiger partial charge >= 0.3 is 0 Å². The molecule has 124 valence electrons. The van der Waals surface area contributed by atoms with Gasteiger partial charge in [-0.3, -0.25) is 0 Å². The highest BCUT2D eigenvalue weighted by atomic mass is 16.5. The van der Waals surface area contributed by atoms with Crippen LogP contribution in [0.1, 0.15) is 5.56 Å². The van der Waals surface area contributed by atoms with E-state index in [1.807, 2.05) is 54.6 Å². The average molecular weight is 330 g/mol.